The second-order valence-electron chi connectivity index (χ2n) is 7.14. The Morgan fingerprint density at radius 2 is 1.67 bits per heavy atom. The molecular formula is C22H23N3O4S. The van der Waals surface area contributed by atoms with Crippen molar-refractivity contribution in [2.75, 3.05) is 5.73 Å². The zero-order valence-electron chi connectivity index (χ0n) is 17.2. The first kappa shape index (κ1) is 21.3. The molecule has 0 spiro atoms. The number of pyridine rings is 1. The number of sulfonamides is 1. The lowest BCUT2D eigenvalue weighted by atomic mass is 10.1. The Hall–Kier alpha value is -3.39. The van der Waals surface area contributed by atoms with E-state index in [4.69, 9.17) is 10.5 Å². The Bertz CT molecular complexity index is 1210. The van der Waals surface area contributed by atoms with E-state index in [9.17, 15) is 13.2 Å². The minimum atomic E-state index is -4.11. The zero-order valence-corrected chi connectivity index (χ0v) is 18.0. The van der Waals surface area contributed by atoms with Crippen molar-refractivity contribution in [2.45, 2.75) is 32.6 Å². The van der Waals surface area contributed by atoms with E-state index >= 15 is 0 Å². The van der Waals surface area contributed by atoms with Crippen LogP contribution in [0, 0.1) is 27.7 Å². The highest BCUT2D eigenvalue weighted by Gasteiger charge is 2.23. The average Bonchev–Trinajstić information content (AvgIpc) is 2.64. The number of carbonyl (C=O) groups is 1. The molecule has 0 saturated carbocycles. The SMILES string of the molecule is Cc1cc(C)c(Oc2nc(C)ccc2C(=O)NS(=O)(=O)c2cccc(N)c2)c(C)c1. The zero-order chi connectivity index (χ0) is 22.1. The summed E-state index contributed by atoms with van der Waals surface area (Å²) in [7, 11) is -4.11. The van der Waals surface area contributed by atoms with E-state index in [0.717, 1.165) is 16.7 Å². The number of hydrogen-bond acceptors (Lipinski definition) is 6. The van der Waals surface area contributed by atoms with Crippen molar-refractivity contribution >= 4 is 21.6 Å². The van der Waals surface area contributed by atoms with Gasteiger partial charge in [-0.3, -0.25) is 4.79 Å². The Morgan fingerprint density at radius 1 is 1.00 bits per heavy atom. The highest BCUT2D eigenvalue weighted by atomic mass is 32.2. The lowest BCUT2D eigenvalue weighted by molar-refractivity contribution is 0.0978. The van der Waals surface area contributed by atoms with Crippen molar-refractivity contribution in [3.63, 3.8) is 0 Å². The summed E-state index contributed by atoms with van der Waals surface area (Å²) in [5, 5.41) is 0. The van der Waals surface area contributed by atoms with Gasteiger partial charge in [0.2, 0.25) is 5.88 Å². The maximum Gasteiger partial charge on any atom is 0.270 e. The number of nitrogens with two attached hydrogens (primary N) is 1. The van der Waals surface area contributed by atoms with Crippen LogP contribution in [0.3, 0.4) is 0 Å². The van der Waals surface area contributed by atoms with Crippen LogP contribution in [0.15, 0.2) is 53.4 Å². The van der Waals surface area contributed by atoms with Gasteiger partial charge in [-0.05, 0) is 69.2 Å². The maximum atomic E-state index is 12.8. The molecule has 1 heterocycles. The Balaban J connectivity index is 1.96. The van der Waals surface area contributed by atoms with Crippen molar-refractivity contribution in [3.8, 4) is 11.6 Å². The molecule has 0 aliphatic rings. The Labute approximate surface area is 176 Å². The number of amides is 1. The smallest absolute Gasteiger partial charge is 0.270 e. The van der Waals surface area contributed by atoms with Crippen LogP contribution in [0.25, 0.3) is 0 Å². The number of nitrogens with zero attached hydrogens (tertiary/aromatic N) is 1. The van der Waals surface area contributed by atoms with Crippen LogP contribution in [0.1, 0.15) is 32.7 Å². The fourth-order valence-electron chi connectivity index (χ4n) is 3.13. The predicted octanol–water partition coefficient (Wildman–Crippen LogP) is 3.81. The molecule has 7 nitrogen and oxygen atoms in total. The van der Waals surface area contributed by atoms with Crippen LogP contribution >= 0.6 is 0 Å². The third-order valence-electron chi connectivity index (χ3n) is 4.44. The quantitative estimate of drug-likeness (QED) is 0.601. The van der Waals surface area contributed by atoms with Gasteiger partial charge in [-0.15, -0.1) is 0 Å². The topological polar surface area (TPSA) is 111 Å². The summed E-state index contributed by atoms with van der Waals surface area (Å²) in [6.45, 7) is 7.53. The minimum Gasteiger partial charge on any atom is -0.438 e. The highest BCUT2D eigenvalue weighted by molar-refractivity contribution is 7.90. The third-order valence-corrected chi connectivity index (χ3v) is 5.77. The molecular weight excluding hydrogens is 402 g/mol. The Morgan fingerprint density at radius 3 is 2.30 bits per heavy atom. The summed E-state index contributed by atoms with van der Waals surface area (Å²) in [4.78, 5) is 17.0. The van der Waals surface area contributed by atoms with Gasteiger partial charge in [-0.2, -0.15) is 0 Å². The highest BCUT2D eigenvalue weighted by Crippen LogP contribution is 2.31. The fourth-order valence-corrected chi connectivity index (χ4v) is 4.15. The molecule has 3 aromatic rings. The number of carbonyl (C=O) groups excluding carboxylic acids is 1. The summed E-state index contributed by atoms with van der Waals surface area (Å²) < 4.78 is 33.2. The number of nitrogen functional groups attached to an aromatic ring is 1. The average molecular weight is 426 g/mol. The third kappa shape index (κ3) is 4.60. The maximum absolute atomic E-state index is 12.8. The largest absolute Gasteiger partial charge is 0.438 e. The van der Waals surface area contributed by atoms with Crippen LogP contribution in [0.2, 0.25) is 0 Å². The Kier molecular flexibility index (Phi) is 5.80. The molecule has 30 heavy (non-hydrogen) atoms. The van der Waals surface area contributed by atoms with E-state index in [2.05, 4.69) is 9.71 Å². The summed E-state index contributed by atoms with van der Waals surface area (Å²) in [5.41, 5.74) is 9.42. The van der Waals surface area contributed by atoms with Crippen molar-refractivity contribution in [1.29, 1.82) is 0 Å². The molecule has 0 bridgehead atoms. The summed E-state index contributed by atoms with van der Waals surface area (Å²) >= 11 is 0. The summed E-state index contributed by atoms with van der Waals surface area (Å²) in [5.74, 6) is -0.237. The van der Waals surface area contributed by atoms with Gasteiger partial charge in [-0.25, -0.2) is 18.1 Å². The molecule has 0 saturated heterocycles. The van der Waals surface area contributed by atoms with Gasteiger partial charge < -0.3 is 10.5 Å². The number of benzene rings is 2. The summed E-state index contributed by atoms with van der Waals surface area (Å²) in [6, 6.07) is 12.7. The van der Waals surface area contributed by atoms with E-state index in [1.807, 2.05) is 32.9 Å². The van der Waals surface area contributed by atoms with Crippen LogP contribution < -0.4 is 15.2 Å². The number of nitrogens with one attached hydrogen (secondary N) is 1. The molecule has 8 heteroatoms. The van der Waals surface area contributed by atoms with Crippen molar-refractivity contribution < 1.29 is 17.9 Å². The van der Waals surface area contributed by atoms with Gasteiger partial charge in [0.25, 0.3) is 15.9 Å². The second-order valence-corrected chi connectivity index (χ2v) is 8.82. The molecule has 0 radical (unpaired) electrons. The molecule has 0 unspecified atom stereocenters. The number of aromatic nitrogens is 1. The van der Waals surface area contributed by atoms with Crippen molar-refractivity contribution in [2.24, 2.45) is 0 Å². The first-order valence-electron chi connectivity index (χ1n) is 9.23. The van der Waals surface area contributed by atoms with Gasteiger partial charge in [0, 0.05) is 11.4 Å². The van der Waals surface area contributed by atoms with Crippen LogP contribution in [-0.2, 0) is 10.0 Å². The number of ether oxygens (including phenoxy) is 1. The first-order chi connectivity index (χ1) is 14.1. The molecule has 0 aliphatic carbocycles. The summed E-state index contributed by atoms with van der Waals surface area (Å²) in [6.07, 6.45) is 0. The van der Waals surface area contributed by atoms with Crippen LogP contribution in [0.4, 0.5) is 5.69 Å². The molecule has 3 N–H and O–H groups in total. The van der Waals surface area contributed by atoms with Crippen LogP contribution in [0.5, 0.6) is 11.6 Å². The standard InChI is InChI=1S/C22H23N3O4S/c1-13-10-14(2)20(15(3)11-13)29-22-19(9-8-16(4)24-22)21(26)25-30(27,28)18-7-5-6-17(23)12-18/h5-12H,23H2,1-4H3,(H,25,26). The van der Waals surface area contributed by atoms with Gasteiger partial charge in [0.05, 0.1) is 4.90 Å². The molecule has 0 aliphatic heterocycles. The van der Waals surface area contributed by atoms with Gasteiger partial charge in [-0.1, -0.05) is 23.8 Å². The monoisotopic (exact) mass is 425 g/mol. The van der Waals surface area contributed by atoms with E-state index in [0.29, 0.717) is 11.4 Å². The van der Waals surface area contributed by atoms with E-state index < -0.39 is 15.9 Å². The molecule has 1 aromatic heterocycles. The molecule has 1 amide bonds. The van der Waals surface area contributed by atoms with Crippen molar-refractivity contribution in [1.82, 2.24) is 9.71 Å². The fraction of sp³-hybridized carbons (Fsp3) is 0.182. The lowest BCUT2D eigenvalue weighted by Gasteiger charge is -2.15. The predicted molar refractivity (Wildman–Crippen MR) is 115 cm³/mol. The van der Waals surface area contributed by atoms with Gasteiger partial charge in [0.1, 0.15) is 11.3 Å². The molecule has 156 valence electrons. The van der Waals surface area contributed by atoms with Crippen LogP contribution in [-0.4, -0.2) is 19.3 Å². The van der Waals surface area contributed by atoms with Gasteiger partial charge >= 0.3 is 0 Å². The minimum absolute atomic E-state index is 0.00690. The molecule has 0 atom stereocenters. The molecule has 0 fully saturated rings. The number of hydrogen-bond donors (Lipinski definition) is 2. The molecule has 2 aromatic carbocycles. The lowest BCUT2D eigenvalue weighted by Crippen LogP contribution is -2.31. The number of rotatable bonds is 5. The normalized spacial score (nSPS) is 11.2. The van der Waals surface area contributed by atoms with E-state index in [1.165, 1.54) is 24.3 Å². The second kappa shape index (κ2) is 8.16. The van der Waals surface area contributed by atoms with E-state index in [1.54, 1.807) is 19.1 Å². The number of aryl methyl sites for hydroxylation is 4. The van der Waals surface area contributed by atoms with Crippen molar-refractivity contribution in [3.05, 3.63) is 76.5 Å². The first-order valence-corrected chi connectivity index (χ1v) is 10.7. The van der Waals surface area contributed by atoms with Gasteiger partial charge in [0.15, 0.2) is 0 Å². The number of anilines is 1. The van der Waals surface area contributed by atoms with E-state index in [-0.39, 0.29) is 22.0 Å². The molecule has 3 rings (SSSR count).